The van der Waals surface area contributed by atoms with Crippen LogP contribution >= 0.6 is 0 Å². The van der Waals surface area contributed by atoms with E-state index in [1.54, 1.807) is 7.05 Å². The monoisotopic (exact) mass is 339 g/mol. The zero-order valence-electron chi connectivity index (χ0n) is 16.6. The van der Waals surface area contributed by atoms with E-state index >= 15 is 0 Å². The van der Waals surface area contributed by atoms with Gasteiger partial charge in [0.05, 0.1) is 0 Å². The lowest BCUT2D eigenvalue weighted by molar-refractivity contribution is -0.143. The van der Waals surface area contributed by atoms with Gasteiger partial charge in [0.15, 0.2) is 0 Å². The molecule has 0 aliphatic carbocycles. The number of rotatable bonds is 16. The van der Waals surface area contributed by atoms with Crippen molar-refractivity contribution in [3.8, 4) is 0 Å². The molecule has 0 atom stereocenters. The van der Waals surface area contributed by atoms with E-state index in [1.807, 2.05) is 0 Å². The highest BCUT2D eigenvalue weighted by atomic mass is 16.2. The van der Waals surface area contributed by atoms with Crippen molar-refractivity contribution < 1.29 is 9.59 Å². The summed E-state index contributed by atoms with van der Waals surface area (Å²) < 4.78 is 0. The van der Waals surface area contributed by atoms with E-state index in [4.69, 9.17) is 0 Å². The van der Waals surface area contributed by atoms with E-state index in [0.717, 1.165) is 25.7 Å². The summed E-state index contributed by atoms with van der Waals surface area (Å²) in [7, 11) is 1.65. The Morgan fingerprint density at radius 3 is 1.17 bits per heavy atom. The van der Waals surface area contributed by atoms with Crippen LogP contribution < -0.4 is 0 Å². The van der Waals surface area contributed by atoms with E-state index in [1.165, 1.54) is 69.1 Å². The van der Waals surface area contributed by atoms with Gasteiger partial charge in [0, 0.05) is 19.9 Å². The van der Waals surface area contributed by atoms with E-state index < -0.39 is 0 Å². The van der Waals surface area contributed by atoms with E-state index in [9.17, 15) is 9.59 Å². The van der Waals surface area contributed by atoms with Crippen LogP contribution in [0.5, 0.6) is 0 Å². The minimum absolute atomic E-state index is 0.00324. The van der Waals surface area contributed by atoms with Crippen molar-refractivity contribution in [3.63, 3.8) is 0 Å². The van der Waals surface area contributed by atoms with Gasteiger partial charge in [0.25, 0.3) is 0 Å². The molecule has 0 aromatic rings. The molecular weight excluding hydrogens is 298 g/mol. The van der Waals surface area contributed by atoms with Crippen LogP contribution in [-0.4, -0.2) is 23.8 Å². The molecule has 0 fully saturated rings. The summed E-state index contributed by atoms with van der Waals surface area (Å²) in [4.78, 5) is 25.4. The highest BCUT2D eigenvalue weighted by Crippen LogP contribution is 2.11. The molecule has 2 amide bonds. The largest absolute Gasteiger partial charge is 0.286 e. The SMILES string of the molecule is CCCCCCCCCC(=O)N(C)C(=O)CCCCCCCCC. The molecule has 0 saturated heterocycles. The van der Waals surface area contributed by atoms with E-state index in [0.29, 0.717) is 12.8 Å². The van der Waals surface area contributed by atoms with Gasteiger partial charge in [-0.15, -0.1) is 0 Å². The Bertz CT molecular complexity index is 285. The van der Waals surface area contributed by atoms with Crippen molar-refractivity contribution in [1.29, 1.82) is 0 Å². The van der Waals surface area contributed by atoms with Crippen LogP contribution in [0.2, 0.25) is 0 Å². The number of nitrogens with zero attached hydrogens (tertiary/aromatic N) is 1. The van der Waals surface area contributed by atoms with Crippen molar-refractivity contribution in [2.75, 3.05) is 7.05 Å². The molecule has 24 heavy (non-hydrogen) atoms. The maximum Gasteiger partial charge on any atom is 0.228 e. The molecule has 0 aromatic heterocycles. The fourth-order valence-corrected chi connectivity index (χ4v) is 2.94. The molecular formula is C21H41NO2. The topological polar surface area (TPSA) is 37.4 Å². The fraction of sp³-hybridized carbons (Fsp3) is 0.905. The van der Waals surface area contributed by atoms with Crippen LogP contribution in [0.4, 0.5) is 0 Å². The quantitative estimate of drug-likeness (QED) is 0.311. The molecule has 0 heterocycles. The minimum atomic E-state index is -0.00324. The second-order valence-corrected chi connectivity index (χ2v) is 7.09. The Morgan fingerprint density at radius 2 is 0.833 bits per heavy atom. The van der Waals surface area contributed by atoms with Crippen molar-refractivity contribution in [2.45, 2.75) is 117 Å². The number of amides is 2. The maximum absolute atomic E-state index is 12.0. The summed E-state index contributed by atoms with van der Waals surface area (Å²) in [5.74, 6) is -0.00647. The van der Waals surface area contributed by atoms with E-state index in [2.05, 4.69) is 13.8 Å². The lowest BCUT2D eigenvalue weighted by Crippen LogP contribution is -2.32. The molecule has 0 radical (unpaired) electrons. The average molecular weight is 340 g/mol. The molecule has 0 saturated carbocycles. The summed E-state index contributed by atoms with van der Waals surface area (Å²) in [5, 5.41) is 0. The predicted molar refractivity (Wildman–Crippen MR) is 103 cm³/mol. The minimum Gasteiger partial charge on any atom is -0.286 e. The third kappa shape index (κ3) is 13.6. The number of imide groups is 1. The second-order valence-electron chi connectivity index (χ2n) is 7.09. The summed E-state index contributed by atoms with van der Waals surface area (Å²) in [5.41, 5.74) is 0. The van der Waals surface area contributed by atoms with Gasteiger partial charge in [-0.1, -0.05) is 90.9 Å². The Kier molecular flexibility index (Phi) is 16.4. The van der Waals surface area contributed by atoms with Gasteiger partial charge in [-0.2, -0.15) is 0 Å². The van der Waals surface area contributed by atoms with Crippen LogP contribution in [0.25, 0.3) is 0 Å². The standard InChI is InChI=1S/C21H41NO2/c1-4-6-8-10-12-14-16-18-20(23)22(3)21(24)19-17-15-13-11-9-7-5-2/h4-19H2,1-3H3. The molecule has 0 rings (SSSR count). The molecule has 0 N–H and O–H groups in total. The van der Waals surface area contributed by atoms with Crippen LogP contribution in [0, 0.1) is 0 Å². The summed E-state index contributed by atoms with van der Waals surface area (Å²) in [6, 6.07) is 0. The first-order chi connectivity index (χ1) is 11.6. The van der Waals surface area contributed by atoms with Gasteiger partial charge < -0.3 is 0 Å². The van der Waals surface area contributed by atoms with Crippen molar-refractivity contribution >= 4 is 11.8 Å². The fourth-order valence-electron chi connectivity index (χ4n) is 2.94. The number of unbranched alkanes of at least 4 members (excludes halogenated alkanes) is 12. The average Bonchev–Trinajstić information content (AvgIpc) is 2.59. The number of carbonyl (C=O) groups is 2. The Balaban J connectivity index is 3.59. The zero-order valence-corrected chi connectivity index (χ0v) is 16.6. The lowest BCUT2D eigenvalue weighted by atomic mass is 10.1. The summed E-state index contributed by atoms with van der Waals surface area (Å²) in [6.07, 6.45) is 17.8. The van der Waals surface area contributed by atoms with Crippen molar-refractivity contribution in [2.24, 2.45) is 0 Å². The first-order valence-corrected chi connectivity index (χ1v) is 10.4. The summed E-state index contributed by atoms with van der Waals surface area (Å²) >= 11 is 0. The van der Waals surface area contributed by atoms with Gasteiger partial charge >= 0.3 is 0 Å². The molecule has 0 spiro atoms. The lowest BCUT2D eigenvalue weighted by Gasteiger charge is -2.15. The van der Waals surface area contributed by atoms with E-state index in [-0.39, 0.29) is 11.8 Å². The normalized spacial score (nSPS) is 10.8. The smallest absolute Gasteiger partial charge is 0.228 e. The zero-order chi connectivity index (χ0) is 18.0. The molecule has 142 valence electrons. The van der Waals surface area contributed by atoms with Gasteiger partial charge in [0.1, 0.15) is 0 Å². The number of hydrogen-bond donors (Lipinski definition) is 0. The first kappa shape index (κ1) is 23.1. The number of carbonyl (C=O) groups excluding carboxylic acids is 2. The van der Waals surface area contributed by atoms with Gasteiger partial charge in [-0.25, -0.2) is 0 Å². The van der Waals surface area contributed by atoms with Gasteiger partial charge in [-0.05, 0) is 12.8 Å². The molecule has 0 aromatic carbocycles. The molecule has 3 nitrogen and oxygen atoms in total. The second kappa shape index (κ2) is 17.0. The van der Waals surface area contributed by atoms with Crippen LogP contribution in [0.3, 0.4) is 0 Å². The Morgan fingerprint density at radius 1 is 0.542 bits per heavy atom. The summed E-state index contributed by atoms with van der Waals surface area (Å²) in [6.45, 7) is 4.44. The van der Waals surface area contributed by atoms with Crippen LogP contribution in [-0.2, 0) is 9.59 Å². The molecule has 0 aliphatic heterocycles. The van der Waals surface area contributed by atoms with Gasteiger partial charge in [0.2, 0.25) is 11.8 Å². The Hall–Kier alpha value is -0.860. The highest BCUT2D eigenvalue weighted by Gasteiger charge is 2.15. The molecule has 3 heteroatoms. The molecule has 0 bridgehead atoms. The highest BCUT2D eigenvalue weighted by molar-refractivity contribution is 5.94. The molecule has 0 aliphatic rings. The predicted octanol–water partition coefficient (Wildman–Crippen LogP) is 6.25. The van der Waals surface area contributed by atoms with Crippen molar-refractivity contribution in [3.05, 3.63) is 0 Å². The third-order valence-electron chi connectivity index (χ3n) is 4.74. The van der Waals surface area contributed by atoms with Crippen molar-refractivity contribution in [1.82, 2.24) is 4.90 Å². The Labute approximate surface area is 150 Å². The molecule has 0 unspecified atom stereocenters. The van der Waals surface area contributed by atoms with Crippen LogP contribution in [0.1, 0.15) is 117 Å². The number of hydrogen-bond acceptors (Lipinski definition) is 2. The maximum atomic E-state index is 12.0. The van der Waals surface area contributed by atoms with Crippen LogP contribution in [0.15, 0.2) is 0 Å². The first-order valence-electron chi connectivity index (χ1n) is 10.4. The van der Waals surface area contributed by atoms with Gasteiger partial charge in [-0.3, -0.25) is 14.5 Å². The third-order valence-corrected chi connectivity index (χ3v) is 4.74.